The van der Waals surface area contributed by atoms with Crippen molar-refractivity contribution in [1.29, 1.82) is 0 Å². The molecule has 4 aromatic rings. The number of amides is 2. The summed E-state index contributed by atoms with van der Waals surface area (Å²) in [7, 11) is 4.65. The van der Waals surface area contributed by atoms with Gasteiger partial charge in [0.15, 0.2) is 11.5 Å². The first-order valence-electron chi connectivity index (χ1n) is 11.8. The molecule has 0 spiro atoms. The molecule has 0 fully saturated rings. The highest BCUT2D eigenvalue weighted by atomic mass is 32.2. The number of ether oxygens (including phenoxy) is 3. The third kappa shape index (κ3) is 6.66. The standard InChI is InChI=1S/C30H28N2O5S/c1-35-24-11-7-10-23(19-24)32-30(34)28(20-8-5-4-6-9-20)38-25-15-13-22(14-16-25)31-29(33)21-12-17-26(36-2)27(18-21)37-3/h4-19,28H,1-3H3,(H,31,33)(H,32,34). The van der Waals surface area contributed by atoms with Crippen LogP contribution in [-0.4, -0.2) is 33.1 Å². The number of anilines is 2. The van der Waals surface area contributed by atoms with Crippen LogP contribution in [0.3, 0.4) is 0 Å². The highest BCUT2D eigenvalue weighted by Crippen LogP contribution is 2.37. The van der Waals surface area contributed by atoms with Gasteiger partial charge in [0.2, 0.25) is 5.91 Å². The van der Waals surface area contributed by atoms with Crippen molar-refractivity contribution in [2.75, 3.05) is 32.0 Å². The molecule has 4 rings (SSSR count). The molecule has 1 atom stereocenters. The number of methoxy groups -OCH3 is 3. The van der Waals surface area contributed by atoms with Crippen LogP contribution in [0.25, 0.3) is 0 Å². The Morgan fingerprint density at radius 3 is 2.11 bits per heavy atom. The van der Waals surface area contributed by atoms with E-state index in [1.807, 2.05) is 72.8 Å². The van der Waals surface area contributed by atoms with Gasteiger partial charge >= 0.3 is 0 Å². The number of nitrogens with one attached hydrogen (secondary N) is 2. The van der Waals surface area contributed by atoms with E-state index in [0.29, 0.717) is 34.2 Å². The monoisotopic (exact) mass is 528 g/mol. The van der Waals surface area contributed by atoms with Crippen LogP contribution in [0.15, 0.2) is 102 Å². The Bertz CT molecular complexity index is 1390. The molecule has 38 heavy (non-hydrogen) atoms. The van der Waals surface area contributed by atoms with Gasteiger partial charge in [0.1, 0.15) is 11.0 Å². The van der Waals surface area contributed by atoms with E-state index in [-0.39, 0.29) is 11.8 Å². The second-order valence-corrected chi connectivity index (χ2v) is 9.36. The Morgan fingerprint density at radius 2 is 1.42 bits per heavy atom. The van der Waals surface area contributed by atoms with Crippen molar-refractivity contribution in [2.24, 2.45) is 0 Å². The van der Waals surface area contributed by atoms with E-state index in [2.05, 4.69) is 10.6 Å². The van der Waals surface area contributed by atoms with Gasteiger partial charge in [-0.2, -0.15) is 0 Å². The summed E-state index contributed by atoms with van der Waals surface area (Å²) in [5, 5.41) is 5.39. The number of hydrogen-bond acceptors (Lipinski definition) is 6. The van der Waals surface area contributed by atoms with Crippen LogP contribution in [0.5, 0.6) is 17.2 Å². The molecule has 7 nitrogen and oxygen atoms in total. The fraction of sp³-hybridized carbons (Fsp3) is 0.133. The number of benzene rings is 4. The molecule has 0 saturated carbocycles. The highest BCUT2D eigenvalue weighted by Gasteiger charge is 2.22. The molecule has 2 N–H and O–H groups in total. The predicted molar refractivity (Wildman–Crippen MR) is 151 cm³/mol. The molecule has 0 aliphatic rings. The van der Waals surface area contributed by atoms with Crippen LogP contribution in [0.2, 0.25) is 0 Å². The van der Waals surface area contributed by atoms with E-state index in [0.717, 1.165) is 10.5 Å². The molecular formula is C30H28N2O5S. The van der Waals surface area contributed by atoms with E-state index in [4.69, 9.17) is 14.2 Å². The van der Waals surface area contributed by atoms with Crippen LogP contribution < -0.4 is 24.8 Å². The van der Waals surface area contributed by atoms with E-state index < -0.39 is 5.25 Å². The van der Waals surface area contributed by atoms with Crippen molar-refractivity contribution in [3.05, 3.63) is 108 Å². The van der Waals surface area contributed by atoms with Gasteiger partial charge in [-0.25, -0.2) is 0 Å². The maximum absolute atomic E-state index is 13.3. The molecule has 0 aromatic heterocycles. The molecule has 194 valence electrons. The van der Waals surface area contributed by atoms with Crippen LogP contribution >= 0.6 is 11.8 Å². The molecule has 0 radical (unpaired) electrons. The van der Waals surface area contributed by atoms with E-state index >= 15 is 0 Å². The molecule has 8 heteroatoms. The molecule has 4 aromatic carbocycles. The zero-order valence-corrected chi connectivity index (χ0v) is 22.1. The molecule has 0 saturated heterocycles. The van der Waals surface area contributed by atoms with Crippen molar-refractivity contribution in [3.63, 3.8) is 0 Å². The topological polar surface area (TPSA) is 85.9 Å². The van der Waals surface area contributed by atoms with Crippen LogP contribution in [0.4, 0.5) is 11.4 Å². The minimum absolute atomic E-state index is 0.153. The zero-order valence-electron chi connectivity index (χ0n) is 21.3. The molecule has 0 heterocycles. The first-order chi connectivity index (χ1) is 18.5. The molecule has 0 bridgehead atoms. The lowest BCUT2D eigenvalue weighted by Crippen LogP contribution is -2.19. The molecule has 2 amide bonds. The van der Waals surface area contributed by atoms with Gasteiger partial charge in [0.05, 0.1) is 21.3 Å². The summed E-state index contributed by atoms with van der Waals surface area (Å²) in [6, 6.07) is 29.2. The van der Waals surface area contributed by atoms with E-state index in [1.54, 1.807) is 38.5 Å². The van der Waals surface area contributed by atoms with Crippen molar-refractivity contribution in [1.82, 2.24) is 0 Å². The summed E-state index contributed by atoms with van der Waals surface area (Å²) < 4.78 is 15.8. The van der Waals surface area contributed by atoms with Gasteiger partial charge in [-0.1, -0.05) is 36.4 Å². The Kier molecular flexibility index (Phi) is 8.89. The second-order valence-electron chi connectivity index (χ2n) is 8.18. The van der Waals surface area contributed by atoms with E-state index in [1.165, 1.54) is 18.9 Å². The molecule has 0 aliphatic carbocycles. The van der Waals surface area contributed by atoms with Crippen molar-refractivity contribution < 1.29 is 23.8 Å². The Morgan fingerprint density at radius 1 is 0.684 bits per heavy atom. The Balaban J connectivity index is 1.48. The van der Waals surface area contributed by atoms with E-state index in [9.17, 15) is 9.59 Å². The Hall–Kier alpha value is -4.43. The lowest BCUT2D eigenvalue weighted by molar-refractivity contribution is -0.115. The maximum Gasteiger partial charge on any atom is 0.255 e. The summed E-state index contributed by atoms with van der Waals surface area (Å²) in [6.45, 7) is 0. The minimum Gasteiger partial charge on any atom is -0.497 e. The smallest absolute Gasteiger partial charge is 0.255 e. The Labute approximate surface area is 226 Å². The molecule has 0 aliphatic heterocycles. The fourth-order valence-corrected chi connectivity index (χ4v) is 4.77. The summed E-state index contributed by atoms with van der Waals surface area (Å²) in [4.78, 5) is 27.0. The van der Waals surface area contributed by atoms with Gasteiger partial charge in [-0.05, 0) is 60.2 Å². The fourth-order valence-electron chi connectivity index (χ4n) is 3.74. The van der Waals surface area contributed by atoms with Crippen LogP contribution in [0.1, 0.15) is 21.2 Å². The van der Waals surface area contributed by atoms with Gasteiger partial charge in [-0.3, -0.25) is 9.59 Å². The quantitative estimate of drug-likeness (QED) is 0.231. The maximum atomic E-state index is 13.3. The number of carbonyl (C=O) groups is 2. The van der Waals surface area contributed by atoms with Gasteiger partial charge in [0, 0.05) is 27.9 Å². The number of carbonyl (C=O) groups excluding carboxylic acids is 2. The van der Waals surface area contributed by atoms with Crippen LogP contribution in [0, 0.1) is 0 Å². The first kappa shape index (κ1) is 26.6. The molecular weight excluding hydrogens is 500 g/mol. The summed E-state index contributed by atoms with van der Waals surface area (Å²) in [6.07, 6.45) is 0. The predicted octanol–water partition coefficient (Wildman–Crippen LogP) is 6.44. The third-order valence-corrected chi connectivity index (χ3v) is 6.96. The zero-order chi connectivity index (χ0) is 26.9. The largest absolute Gasteiger partial charge is 0.497 e. The lowest BCUT2D eigenvalue weighted by Gasteiger charge is -2.18. The molecule has 1 unspecified atom stereocenters. The van der Waals surface area contributed by atoms with Gasteiger partial charge in [0.25, 0.3) is 5.91 Å². The summed E-state index contributed by atoms with van der Waals surface area (Å²) in [5.74, 6) is 1.27. The van der Waals surface area contributed by atoms with Crippen LogP contribution in [-0.2, 0) is 4.79 Å². The SMILES string of the molecule is COc1cccc(NC(=O)C(Sc2ccc(NC(=O)c3ccc(OC)c(OC)c3)cc2)c2ccccc2)c1. The first-order valence-corrected chi connectivity index (χ1v) is 12.7. The normalized spacial score (nSPS) is 11.2. The highest BCUT2D eigenvalue weighted by molar-refractivity contribution is 8.00. The lowest BCUT2D eigenvalue weighted by atomic mass is 10.1. The van der Waals surface area contributed by atoms with Gasteiger partial charge in [-0.15, -0.1) is 11.8 Å². The third-order valence-electron chi connectivity index (χ3n) is 5.69. The number of rotatable bonds is 10. The van der Waals surface area contributed by atoms with Crippen molar-refractivity contribution >= 4 is 35.0 Å². The summed E-state index contributed by atoms with van der Waals surface area (Å²) in [5.41, 5.74) is 2.61. The average molecular weight is 529 g/mol. The second kappa shape index (κ2) is 12.7. The minimum atomic E-state index is -0.491. The average Bonchev–Trinajstić information content (AvgIpc) is 2.96. The number of hydrogen-bond donors (Lipinski definition) is 2. The van der Waals surface area contributed by atoms with Crippen molar-refractivity contribution in [3.8, 4) is 17.2 Å². The number of thioether (sulfide) groups is 1. The van der Waals surface area contributed by atoms with Crippen molar-refractivity contribution in [2.45, 2.75) is 10.1 Å². The van der Waals surface area contributed by atoms with Gasteiger partial charge < -0.3 is 24.8 Å². The summed E-state index contributed by atoms with van der Waals surface area (Å²) >= 11 is 1.43.